The Morgan fingerprint density at radius 3 is 2.20 bits per heavy atom. The number of aliphatic hydroxyl groups excluding tert-OH is 1. The molecule has 5 aliphatic heterocycles. The number of nitriles is 1. The second-order valence-corrected chi connectivity index (χ2v) is 32.1. The number of para-hydroxylation sites is 1. The summed E-state index contributed by atoms with van der Waals surface area (Å²) in [6, 6.07) is 30.0. The quantitative estimate of drug-likeness (QED) is 0.0152. The molecule has 7 N–H and O–H groups in total. The van der Waals surface area contributed by atoms with Crippen molar-refractivity contribution in [3.63, 3.8) is 0 Å². The van der Waals surface area contributed by atoms with E-state index >= 15 is 0 Å². The number of pyridine rings is 1. The number of unbranched alkanes of at least 4 members (excludes halogenated alkanes) is 1. The number of aliphatic hydroxyl groups is 1. The van der Waals surface area contributed by atoms with Crippen molar-refractivity contribution in [3.8, 4) is 34.8 Å². The molecular weight excluding hydrogens is 1460 g/mol. The zero-order chi connectivity index (χ0) is 80.3. The second-order valence-electron chi connectivity index (χ2n) is 32.1. The van der Waals surface area contributed by atoms with E-state index in [1.807, 2.05) is 95.5 Å². The third kappa shape index (κ3) is 19.3. The zero-order valence-corrected chi connectivity index (χ0v) is 66.0. The molecule has 13 rings (SSSR count). The van der Waals surface area contributed by atoms with Crippen molar-refractivity contribution in [2.24, 2.45) is 17.1 Å². The number of carbonyl (C=O) groups is 7. The van der Waals surface area contributed by atoms with Gasteiger partial charge in [-0.1, -0.05) is 56.7 Å². The van der Waals surface area contributed by atoms with Gasteiger partial charge in [0, 0.05) is 144 Å². The lowest BCUT2D eigenvalue weighted by molar-refractivity contribution is -0.159. The van der Waals surface area contributed by atoms with Crippen LogP contribution in [0.4, 0.5) is 22.9 Å². The van der Waals surface area contributed by atoms with Crippen molar-refractivity contribution >= 4 is 64.2 Å². The standard InChI is InChI=1S/C84H107N17O13/c1-53(2)77(81(107)100-51-62(102)43-70(100)80(106)89-54(3)57-19-15-55(48-85)16-20-57)72-47-74(93-114-72)110-41-40-96-34-28-63(29-35-96)112-64-44-65(45-64)113-73-42-59(27-32-88-73)101-60-23-24-61(101)50-97(49-60)69-46-67(91-92-78(69)86)66-12-7-8-14-71(66)111-52-56-17-21-58(22-18-56)90-79(105)68(13-9-10-33-94(4)5)98(83(109)84(82(87)108)30-11-31-84)38-36-95(6)37-39-99-75(103)25-26-76(99)104/h7-8,12,14-22,25-27,32,42,46-47,53-54,60-65,68,70,77,102H,9-11,13,23-24,28-31,33-41,43-45,49-52H2,1-6H3,(H2,86,92)(H2,87,108)(H,89,106)(H,90,105)/t54-,60?,61?,62-,64?,65?,68+,70+,77-/m1/s1. The third-order valence-electron chi connectivity index (χ3n) is 23.5. The Labute approximate surface area is 665 Å². The number of primary amides is 1. The highest BCUT2D eigenvalue weighted by Gasteiger charge is 2.53. The fraction of sp³-hybridized carbons (Fsp3) is 0.524. The summed E-state index contributed by atoms with van der Waals surface area (Å²) in [7, 11) is 5.77. The van der Waals surface area contributed by atoms with Crippen LogP contribution in [0.2, 0.25) is 0 Å². The molecule has 8 heterocycles. The third-order valence-corrected chi connectivity index (χ3v) is 23.5. The minimum atomic E-state index is -1.40. The highest BCUT2D eigenvalue weighted by Crippen LogP contribution is 2.45. The summed E-state index contributed by atoms with van der Waals surface area (Å²) in [4.78, 5) is 115. The number of carbonyl (C=O) groups excluding carboxylic acids is 7. The molecule has 30 heteroatoms. The summed E-state index contributed by atoms with van der Waals surface area (Å²) in [6.07, 6.45) is 12.2. The Morgan fingerprint density at radius 1 is 0.789 bits per heavy atom. The molecule has 2 unspecified atom stereocenters. The normalized spacial score (nSPS) is 21.5. The lowest BCUT2D eigenvalue weighted by Crippen LogP contribution is -2.60. The number of nitrogens with one attached hydrogen (secondary N) is 2. The van der Waals surface area contributed by atoms with Gasteiger partial charge in [0.2, 0.25) is 35.4 Å². The van der Waals surface area contributed by atoms with Crippen molar-refractivity contribution in [3.05, 3.63) is 138 Å². The van der Waals surface area contributed by atoms with Gasteiger partial charge in [0.05, 0.1) is 47.4 Å². The fourth-order valence-corrected chi connectivity index (χ4v) is 16.7. The number of rotatable bonds is 36. The number of imide groups is 1. The van der Waals surface area contributed by atoms with E-state index in [2.05, 4.69) is 68.8 Å². The average Bonchev–Trinajstić information content (AvgIpc) is 1.24. The number of piperazine rings is 1. The number of hydrogen-bond acceptors (Lipinski definition) is 24. The fourth-order valence-electron chi connectivity index (χ4n) is 16.7. The van der Waals surface area contributed by atoms with Crippen LogP contribution in [-0.4, -0.2) is 245 Å². The topological polar surface area (TPSA) is 367 Å². The van der Waals surface area contributed by atoms with Gasteiger partial charge < -0.3 is 80.1 Å². The molecule has 3 aromatic heterocycles. The average molecular weight is 1560 g/mol. The molecular formula is C84H107N17O13. The van der Waals surface area contributed by atoms with Gasteiger partial charge in [-0.2, -0.15) is 5.26 Å². The molecule has 3 aromatic carbocycles. The Hall–Kier alpha value is -10.6. The van der Waals surface area contributed by atoms with E-state index in [1.54, 1.807) is 42.5 Å². The van der Waals surface area contributed by atoms with Gasteiger partial charge in [-0.25, -0.2) is 4.98 Å². The predicted molar refractivity (Wildman–Crippen MR) is 425 cm³/mol. The minimum Gasteiger partial charge on any atom is -0.488 e. The van der Waals surface area contributed by atoms with Gasteiger partial charge >= 0.3 is 0 Å². The molecule has 0 radical (unpaired) electrons. The van der Waals surface area contributed by atoms with Crippen molar-refractivity contribution in [2.45, 2.75) is 171 Å². The van der Waals surface area contributed by atoms with Crippen LogP contribution in [0.25, 0.3) is 11.3 Å². The Kier molecular flexibility index (Phi) is 26.2. The highest BCUT2D eigenvalue weighted by molar-refractivity contribution is 6.13. The molecule has 7 aliphatic rings. The number of likely N-dealkylation sites (tertiary alicyclic amines) is 2. The number of fused-ring (bicyclic) bond motifs is 2. The molecule has 7 atom stereocenters. The number of piperidine rings is 1. The SMILES string of the molecule is CC(C)[C@@H](C(=O)N1C[C@H](O)C[C@H]1C(=O)N[C@H](C)c1ccc(C#N)cc1)c1cc(OCCN2CCC(OC3CC(Oc4cc(N5C6CCC5CN(c5cc(-c7ccccc7OCc7ccc(NC(=O)[C@H](CCCCN(C)C)N(CCN(C)CCN8C(=O)C=CC8=O)C(=O)C8(C(N)=O)CCC8)cc7)nnc5N)C6)ccn4)C3)CC2)no1. The van der Waals surface area contributed by atoms with E-state index in [4.69, 9.17) is 34.9 Å². The maximum atomic E-state index is 14.7. The molecule has 7 amide bonds. The van der Waals surface area contributed by atoms with Crippen molar-refractivity contribution in [1.82, 2.24) is 55.1 Å². The number of anilines is 4. The number of aromatic nitrogens is 4. The van der Waals surface area contributed by atoms with Crippen LogP contribution < -0.4 is 46.1 Å². The Bertz CT molecular complexity index is 4430. The largest absolute Gasteiger partial charge is 0.488 e. The van der Waals surface area contributed by atoms with Gasteiger partial charge in [0.1, 0.15) is 48.5 Å². The van der Waals surface area contributed by atoms with E-state index in [1.165, 1.54) is 22.0 Å². The molecule has 0 spiro atoms. The first-order chi connectivity index (χ1) is 55.0. The van der Waals surface area contributed by atoms with Crippen molar-refractivity contribution in [1.29, 1.82) is 5.26 Å². The summed E-state index contributed by atoms with van der Waals surface area (Å²) in [5, 5.41) is 39.2. The maximum Gasteiger partial charge on any atom is 0.254 e. The van der Waals surface area contributed by atoms with E-state index in [-0.39, 0.29) is 105 Å². The van der Waals surface area contributed by atoms with Gasteiger partial charge in [0.15, 0.2) is 11.6 Å². The van der Waals surface area contributed by atoms with Crippen molar-refractivity contribution < 1.29 is 62.1 Å². The number of hydrogen-bond donors (Lipinski definition) is 5. The molecule has 4 saturated heterocycles. The van der Waals surface area contributed by atoms with Crippen LogP contribution in [0, 0.1) is 22.7 Å². The van der Waals surface area contributed by atoms with Crippen LogP contribution in [0.1, 0.15) is 139 Å². The number of nitrogens with zero attached hydrogens (tertiary/aromatic N) is 13. The van der Waals surface area contributed by atoms with Crippen LogP contribution in [0.5, 0.6) is 17.5 Å². The number of benzene rings is 3. The first-order valence-electron chi connectivity index (χ1n) is 40.1. The lowest BCUT2D eigenvalue weighted by atomic mass is 9.67. The number of nitrogen functional groups attached to an aromatic ring is 1. The van der Waals surface area contributed by atoms with Crippen molar-refractivity contribution in [2.75, 3.05) is 121 Å². The smallest absolute Gasteiger partial charge is 0.254 e. The van der Waals surface area contributed by atoms with Gasteiger partial charge in [0.25, 0.3) is 17.7 Å². The van der Waals surface area contributed by atoms with Crippen LogP contribution in [0.3, 0.4) is 0 Å². The minimum absolute atomic E-state index is 0.00193. The lowest BCUT2D eigenvalue weighted by Gasteiger charge is -2.43. The molecule has 2 aliphatic carbocycles. The number of nitrogens with two attached hydrogens (primary N) is 2. The molecule has 6 aromatic rings. The molecule has 114 heavy (non-hydrogen) atoms. The predicted octanol–water partition coefficient (Wildman–Crippen LogP) is 6.85. The first kappa shape index (κ1) is 81.4. The van der Waals surface area contributed by atoms with Gasteiger partial charge in [-0.3, -0.25) is 43.4 Å². The highest BCUT2D eigenvalue weighted by atomic mass is 16.5. The maximum absolute atomic E-state index is 14.7. The van der Waals surface area contributed by atoms with Gasteiger partial charge in [-0.05, 0) is 163 Å². The first-order valence-corrected chi connectivity index (χ1v) is 40.1. The number of ether oxygens (including phenoxy) is 4. The zero-order valence-electron chi connectivity index (χ0n) is 66.0. The summed E-state index contributed by atoms with van der Waals surface area (Å²) in [5.74, 6) is -1.86. The van der Waals surface area contributed by atoms with E-state index < -0.39 is 47.2 Å². The molecule has 606 valence electrons. The number of β-amino-alcohol motifs (C(OH)–C–C–N with tert-alkyl or cyclic N) is 1. The monoisotopic (exact) mass is 1560 g/mol. The van der Waals surface area contributed by atoms with Crippen LogP contribution >= 0.6 is 0 Å². The Balaban J connectivity index is 0.552. The Morgan fingerprint density at radius 2 is 1.52 bits per heavy atom. The molecule has 30 nitrogen and oxygen atoms in total. The summed E-state index contributed by atoms with van der Waals surface area (Å²) in [5.41, 5.74) is 17.1. The van der Waals surface area contributed by atoms with E-state index in [0.29, 0.717) is 98.5 Å². The summed E-state index contributed by atoms with van der Waals surface area (Å²) >= 11 is 0. The second kappa shape index (κ2) is 36.7. The van der Waals surface area contributed by atoms with Crippen LogP contribution in [0.15, 0.2) is 120 Å². The van der Waals surface area contributed by atoms with E-state index in [9.17, 15) is 43.9 Å². The van der Waals surface area contributed by atoms with Gasteiger partial charge in [-0.15, -0.1) is 10.2 Å². The van der Waals surface area contributed by atoms with Crippen LogP contribution in [-0.2, 0) is 44.9 Å². The summed E-state index contributed by atoms with van der Waals surface area (Å²) in [6.45, 7) is 11.7. The molecule has 2 bridgehead atoms. The number of likely N-dealkylation sites (N-methyl/N-ethyl adjacent to an activating group) is 1. The van der Waals surface area contributed by atoms with E-state index in [0.717, 1.165) is 111 Å². The summed E-state index contributed by atoms with van der Waals surface area (Å²) < 4.78 is 31.4. The molecule has 2 saturated carbocycles. The number of amides is 7. The molecule has 6 fully saturated rings.